The number of imidazole rings is 1. The topological polar surface area (TPSA) is 74.8 Å². The van der Waals surface area contributed by atoms with Crippen molar-refractivity contribution >= 4 is 5.97 Å². The normalized spacial score (nSPS) is 10.7. The van der Waals surface area contributed by atoms with E-state index < -0.39 is 5.97 Å². The number of unbranched alkanes of at least 4 members (excludes halogenated alkanes) is 1. The molecular weight excluding hydrogens is 258 g/mol. The standard InChI is InChI=1S/C13H19N5O2/c1-3-20-13(19)12-16-15-11(2)18(12)8-5-4-7-17-9-6-14-10-17/h6,9-10H,3-5,7-8H2,1-2H3. The molecule has 0 amide bonds. The third-order valence-corrected chi connectivity index (χ3v) is 3.00. The van der Waals surface area contributed by atoms with Crippen LogP contribution in [0.5, 0.6) is 0 Å². The number of hydrogen-bond donors (Lipinski definition) is 0. The average Bonchev–Trinajstić information content (AvgIpc) is 3.05. The van der Waals surface area contributed by atoms with E-state index in [9.17, 15) is 4.79 Å². The number of aromatic nitrogens is 5. The van der Waals surface area contributed by atoms with Crippen molar-refractivity contribution in [2.24, 2.45) is 0 Å². The molecule has 0 aliphatic carbocycles. The smallest absolute Gasteiger partial charge is 0.376 e. The lowest BCUT2D eigenvalue weighted by molar-refractivity contribution is 0.0505. The number of ether oxygens (including phenoxy) is 1. The van der Waals surface area contributed by atoms with Gasteiger partial charge in [-0.15, -0.1) is 10.2 Å². The van der Waals surface area contributed by atoms with Gasteiger partial charge in [0.05, 0.1) is 12.9 Å². The van der Waals surface area contributed by atoms with Crippen molar-refractivity contribution < 1.29 is 9.53 Å². The van der Waals surface area contributed by atoms with Crippen molar-refractivity contribution in [3.05, 3.63) is 30.4 Å². The van der Waals surface area contributed by atoms with Crippen molar-refractivity contribution in [3.8, 4) is 0 Å². The maximum atomic E-state index is 11.7. The van der Waals surface area contributed by atoms with Crippen LogP contribution in [0.2, 0.25) is 0 Å². The fraction of sp³-hybridized carbons (Fsp3) is 0.538. The van der Waals surface area contributed by atoms with E-state index in [-0.39, 0.29) is 5.82 Å². The SMILES string of the molecule is CCOC(=O)c1nnc(C)n1CCCCn1ccnc1. The number of aryl methyl sites for hydroxylation is 2. The van der Waals surface area contributed by atoms with Crippen molar-refractivity contribution in [1.29, 1.82) is 0 Å². The summed E-state index contributed by atoms with van der Waals surface area (Å²) in [6, 6.07) is 0. The van der Waals surface area contributed by atoms with Crippen LogP contribution in [-0.4, -0.2) is 36.9 Å². The summed E-state index contributed by atoms with van der Waals surface area (Å²) in [5.41, 5.74) is 0. The van der Waals surface area contributed by atoms with Gasteiger partial charge in [0.15, 0.2) is 0 Å². The molecule has 7 heteroatoms. The first kappa shape index (κ1) is 14.2. The maximum Gasteiger partial charge on any atom is 0.376 e. The monoisotopic (exact) mass is 277 g/mol. The van der Waals surface area contributed by atoms with Crippen LogP contribution < -0.4 is 0 Å². The largest absolute Gasteiger partial charge is 0.460 e. The highest BCUT2D eigenvalue weighted by molar-refractivity contribution is 5.85. The highest BCUT2D eigenvalue weighted by Crippen LogP contribution is 2.06. The molecule has 0 spiro atoms. The molecule has 2 aromatic rings. The minimum absolute atomic E-state index is 0.284. The molecule has 0 unspecified atom stereocenters. The molecule has 0 aromatic carbocycles. The second-order valence-electron chi connectivity index (χ2n) is 4.45. The van der Waals surface area contributed by atoms with Crippen molar-refractivity contribution in [3.63, 3.8) is 0 Å². The zero-order valence-corrected chi connectivity index (χ0v) is 11.8. The second-order valence-corrected chi connectivity index (χ2v) is 4.45. The maximum absolute atomic E-state index is 11.7. The van der Waals surface area contributed by atoms with Crippen LogP contribution in [0.3, 0.4) is 0 Å². The summed E-state index contributed by atoms with van der Waals surface area (Å²) in [5.74, 6) is 0.602. The van der Waals surface area contributed by atoms with Crippen LogP contribution in [-0.2, 0) is 17.8 Å². The molecule has 7 nitrogen and oxygen atoms in total. The second kappa shape index (κ2) is 6.83. The van der Waals surface area contributed by atoms with Crippen LogP contribution in [0.4, 0.5) is 0 Å². The quantitative estimate of drug-likeness (QED) is 0.565. The zero-order chi connectivity index (χ0) is 14.4. The summed E-state index contributed by atoms with van der Waals surface area (Å²) >= 11 is 0. The summed E-state index contributed by atoms with van der Waals surface area (Å²) in [5, 5.41) is 7.83. The first-order valence-electron chi connectivity index (χ1n) is 6.75. The highest BCUT2D eigenvalue weighted by atomic mass is 16.5. The molecule has 0 radical (unpaired) electrons. The van der Waals surface area contributed by atoms with Crippen LogP contribution in [0.1, 0.15) is 36.2 Å². The molecule has 0 aliphatic heterocycles. The molecule has 20 heavy (non-hydrogen) atoms. The van der Waals surface area contributed by atoms with Crippen molar-refractivity contribution in [2.45, 2.75) is 39.8 Å². The first-order valence-corrected chi connectivity index (χ1v) is 6.75. The lowest BCUT2D eigenvalue weighted by Gasteiger charge is -2.08. The van der Waals surface area contributed by atoms with Crippen LogP contribution in [0.25, 0.3) is 0 Å². The Morgan fingerprint density at radius 2 is 2.10 bits per heavy atom. The number of rotatable bonds is 7. The van der Waals surface area contributed by atoms with Gasteiger partial charge in [-0.2, -0.15) is 0 Å². The van der Waals surface area contributed by atoms with Gasteiger partial charge in [0.1, 0.15) is 5.82 Å². The number of hydrogen-bond acceptors (Lipinski definition) is 5. The Labute approximate surface area is 117 Å². The third-order valence-electron chi connectivity index (χ3n) is 3.00. The number of esters is 1. The predicted molar refractivity (Wildman–Crippen MR) is 72.2 cm³/mol. The van der Waals surface area contributed by atoms with E-state index in [1.54, 1.807) is 19.4 Å². The van der Waals surface area contributed by atoms with E-state index >= 15 is 0 Å². The van der Waals surface area contributed by atoms with Gasteiger partial charge in [0.25, 0.3) is 0 Å². The number of nitrogens with zero attached hydrogens (tertiary/aromatic N) is 5. The van der Waals surface area contributed by atoms with Gasteiger partial charge in [-0.25, -0.2) is 9.78 Å². The molecular formula is C13H19N5O2. The molecule has 0 saturated heterocycles. The minimum Gasteiger partial charge on any atom is -0.460 e. The van der Waals surface area contributed by atoms with E-state index in [2.05, 4.69) is 15.2 Å². The first-order chi connectivity index (χ1) is 9.72. The lowest BCUT2D eigenvalue weighted by Crippen LogP contribution is -2.15. The molecule has 108 valence electrons. The molecule has 0 bridgehead atoms. The number of carbonyl (C=O) groups excluding carboxylic acids is 1. The van der Waals surface area contributed by atoms with E-state index in [4.69, 9.17) is 4.74 Å². The zero-order valence-electron chi connectivity index (χ0n) is 11.8. The highest BCUT2D eigenvalue weighted by Gasteiger charge is 2.17. The fourth-order valence-electron chi connectivity index (χ4n) is 1.98. The number of carbonyl (C=O) groups is 1. The fourth-order valence-corrected chi connectivity index (χ4v) is 1.98. The Kier molecular flexibility index (Phi) is 4.86. The Balaban J connectivity index is 1.88. The van der Waals surface area contributed by atoms with Crippen molar-refractivity contribution in [1.82, 2.24) is 24.3 Å². The summed E-state index contributed by atoms with van der Waals surface area (Å²) < 4.78 is 8.82. The summed E-state index contributed by atoms with van der Waals surface area (Å²) in [6.07, 6.45) is 7.44. The molecule has 0 N–H and O–H groups in total. The predicted octanol–water partition coefficient (Wildman–Crippen LogP) is 1.44. The van der Waals surface area contributed by atoms with Gasteiger partial charge in [-0.3, -0.25) is 0 Å². The molecule has 0 fully saturated rings. The molecule has 0 aliphatic rings. The van der Waals surface area contributed by atoms with Gasteiger partial charge in [-0.1, -0.05) is 0 Å². The average molecular weight is 277 g/mol. The summed E-state index contributed by atoms with van der Waals surface area (Å²) in [7, 11) is 0. The lowest BCUT2D eigenvalue weighted by atomic mass is 10.3. The minimum atomic E-state index is -0.414. The Morgan fingerprint density at radius 3 is 2.80 bits per heavy atom. The molecule has 2 heterocycles. The van der Waals surface area contributed by atoms with Gasteiger partial charge in [0.2, 0.25) is 5.82 Å². The Bertz CT molecular complexity index is 547. The molecule has 2 aromatic heterocycles. The van der Waals surface area contributed by atoms with Crippen LogP contribution in [0.15, 0.2) is 18.7 Å². The van der Waals surface area contributed by atoms with E-state index in [0.717, 1.165) is 25.2 Å². The van der Waals surface area contributed by atoms with E-state index in [1.165, 1.54) is 0 Å². The summed E-state index contributed by atoms with van der Waals surface area (Å²) in [4.78, 5) is 15.7. The van der Waals surface area contributed by atoms with Gasteiger partial charge >= 0.3 is 5.97 Å². The van der Waals surface area contributed by atoms with Gasteiger partial charge in [-0.05, 0) is 26.7 Å². The van der Waals surface area contributed by atoms with Gasteiger partial charge in [0, 0.05) is 25.5 Å². The molecule has 0 atom stereocenters. The van der Waals surface area contributed by atoms with Crippen LogP contribution >= 0.6 is 0 Å². The Hall–Kier alpha value is -2.18. The van der Waals surface area contributed by atoms with Crippen LogP contribution in [0, 0.1) is 6.92 Å². The molecule has 2 rings (SSSR count). The van der Waals surface area contributed by atoms with Crippen molar-refractivity contribution in [2.75, 3.05) is 6.61 Å². The Morgan fingerprint density at radius 1 is 1.30 bits per heavy atom. The van der Waals surface area contributed by atoms with E-state index in [1.807, 2.05) is 22.3 Å². The summed E-state index contributed by atoms with van der Waals surface area (Å²) in [6.45, 7) is 5.57. The molecule has 0 saturated carbocycles. The van der Waals surface area contributed by atoms with Gasteiger partial charge < -0.3 is 13.9 Å². The third kappa shape index (κ3) is 3.43. The van der Waals surface area contributed by atoms with E-state index in [0.29, 0.717) is 13.2 Å².